The number of hydrogen-bond donors (Lipinski definition) is 12. The zero-order chi connectivity index (χ0) is 26.8. The van der Waals surface area contributed by atoms with Gasteiger partial charge in [0.25, 0.3) is 0 Å². The number of aromatic amines is 1. The van der Waals surface area contributed by atoms with E-state index in [-0.39, 0.29) is 12.4 Å². The van der Waals surface area contributed by atoms with Gasteiger partial charge in [-0.2, -0.15) is 16.8 Å². The molecule has 0 bridgehead atoms. The Balaban J connectivity index is -0.000000393. The molecule has 0 saturated heterocycles. The fraction of sp³-hybridized carbons (Fsp3) is 0.500. The Morgan fingerprint density at radius 3 is 1.76 bits per heavy atom. The molecule has 21 heteroatoms. The van der Waals surface area contributed by atoms with Gasteiger partial charge in [0, 0.05) is 19.2 Å². The first-order valence-corrected chi connectivity index (χ1v) is 11.0. The van der Waals surface area contributed by atoms with Crippen LogP contribution in [0.15, 0.2) is 12.5 Å². The largest absolute Gasteiger partial charge is 0.480 e. The van der Waals surface area contributed by atoms with Crippen molar-refractivity contribution < 1.29 is 54.8 Å². The molecule has 0 aliphatic carbocycles. The van der Waals surface area contributed by atoms with E-state index in [9.17, 15) is 9.59 Å². The Bertz CT molecular complexity index is 859. The second-order valence-electron chi connectivity index (χ2n) is 5.53. The number of rotatable bonds is 8. The molecular formula is C12H27N7O12S2. The first kappa shape index (κ1) is 34.7. The summed E-state index contributed by atoms with van der Waals surface area (Å²) in [5.74, 6) is -2.12. The first-order chi connectivity index (χ1) is 14.7. The van der Waals surface area contributed by atoms with Gasteiger partial charge in [0.05, 0.1) is 12.0 Å². The van der Waals surface area contributed by atoms with E-state index in [1.165, 1.54) is 6.33 Å². The number of aliphatic carboxylic acids is 2. The molecule has 0 aliphatic rings. The van der Waals surface area contributed by atoms with Crippen molar-refractivity contribution in [3.05, 3.63) is 18.2 Å². The minimum atomic E-state index is -4.67. The molecule has 15 N–H and O–H groups in total. The van der Waals surface area contributed by atoms with Crippen LogP contribution in [0.1, 0.15) is 18.5 Å². The third-order valence-electron chi connectivity index (χ3n) is 2.63. The number of carboxylic acid groups (broad SMARTS) is 2. The van der Waals surface area contributed by atoms with E-state index in [2.05, 4.69) is 15.3 Å². The summed E-state index contributed by atoms with van der Waals surface area (Å²) < 4.78 is 63.2. The predicted molar refractivity (Wildman–Crippen MR) is 111 cm³/mol. The van der Waals surface area contributed by atoms with Crippen LogP contribution in [0.25, 0.3) is 0 Å². The second kappa shape index (κ2) is 17.6. The molecule has 1 aromatic rings. The molecule has 1 aromatic heterocycles. The standard InChI is InChI=1S/C6H14N4O2.C6H9N3O2.2H2O4S/c7-4(5(11)12)2-1-3-10-6(8)9;7-5(6(10)11)1-4-2-8-3-9-4;2*1-5(2,3)4/h4H,1-3,7H2,(H,11,12)(H4,8,9,10);2-3,5H,1,7H2,(H,8,9)(H,10,11);2*(H2,1,2,3,4). The lowest BCUT2D eigenvalue weighted by molar-refractivity contribution is -0.139. The molecule has 0 amide bonds. The number of aromatic nitrogens is 2. The quantitative estimate of drug-likeness (QED) is 0.0684. The Labute approximate surface area is 188 Å². The SMILES string of the molecule is N=C(N)NCCCC(N)C(=O)O.NC(Cc1c[nH]cn1)C(=O)O.O=S(=O)(O)O.O=S(=O)(O)O. The van der Waals surface area contributed by atoms with Crippen molar-refractivity contribution in [2.75, 3.05) is 6.54 Å². The number of imidazole rings is 1. The van der Waals surface area contributed by atoms with Gasteiger partial charge >= 0.3 is 32.7 Å². The number of H-pyrrole nitrogens is 1. The van der Waals surface area contributed by atoms with Crippen LogP contribution in [0.3, 0.4) is 0 Å². The van der Waals surface area contributed by atoms with E-state index in [1.54, 1.807) is 6.20 Å². The topological polar surface area (TPSA) is 366 Å². The van der Waals surface area contributed by atoms with Crippen LogP contribution in [-0.4, -0.2) is 91.8 Å². The van der Waals surface area contributed by atoms with E-state index in [0.717, 1.165) is 0 Å². The average Bonchev–Trinajstić information content (AvgIpc) is 3.08. The van der Waals surface area contributed by atoms with Gasteiger partial charge in [0.15, 0.2) is 5.96 Å². The van der Waals surface area contributed by atoms with Crippen molar-refractivity contribution >= 4 is 38.7 Å². The Morgan fingerprint density at radius 1 is 1.03 bits per heavy atom. The summed E-state index contributed by atoms with van der Waals surface area (Å²) >= 11 is 0. The van der Waals surface area contributed by atoms with E-state index >= 15 is 0 Å². The van der Waals surface area contributed by atoms with Crippen LogP contribution in [-0.2, 0) is 36.8 Å². The smallest absolute Gasteiger partial charge is 0.394 e. The molecule has 1 rings (SSSR count). The van der Waals surface area contributed by atoms with Gasteiger partial charge in [-0.3, -0.25) is 33.2 Å². The number of carboxylic acids is 2. The maximum atomic E-state index is 10.3. The highest BCUT2D eigenvalue weighted by Gasteiger charge is 2.12. The van der Waals surface area contributed by atoms with Crippen molar-refractivity contribution in [1.29, 1.82) is 5.41 Å². The molecule has 19 nitrogen and oxygen atoms in total. The molecule has 2 unspecified atom stereocenters. The van der Waals surface area contributed by atoms with Crippen LogP contribution in [0.2, 0.25) is 0 Å². The average molecular weight is 526 g/mol. The second-order valence-corrected chi connectivity index (χ2v) is 7.32. The minimum Gasteiger partial charge on any atom is -0.480 e. The lowest BCUT2D eigenvalue weighted by Crippen LogP contribution is -2.34. The summed E-state index contributed by atoms with van der Waals surface area (Å²) in [5, 5.41) is 26.1. The highest BCUT2D eigenvalue weighted by molar-refractivity contribution is 7.80. The molecule has 0 spiro atoms. The first-order valence-electron chi connectivity index (χ1n) is 8.16. The predicted octanol–water partition coefficient (Wildman–Crippen LogP) is -3.28. The normalized spacial score (nSPS) is 12.2. The van der Waals surface area contributed by atoms with Crippen LogP contribution in [0.5, 0.6) is 0 Å². The highest BCUT2D eigenvalue weighted by Crippen LogP contribution is 1.95. The summed E-state index contributed by atoms with van der Waals surface area (Å²) in [5.41, 5.74) is 16.1. The number of carbonyl (C=O) groups is 2. The minimum absolute atomic E-state index is 0.112. The van der Waals surface area contributed by atoms with E-state index in [0.29, 0.717) is 25.1 Å². The number of nitrogens with two attached hydrogens (primary N) is 3. The number of hydrogen-bond acceptors (Lipinski definition) is 10. The van der Waals surface area contributed by atoms with E-state index in [4.69, 9.17) is 67.9 Å². The summed E-state index contributed by atoms with van der Waals surface area (Å²) in [6.07, 6.45) is 4.36. The van der Waals surface area contributed by atoms with Crippen molar-refractivity contribution in [2.24, 2.45) is 17.2 Å². The lowest BCUT2D eigenvalue weighted by Gasteiger charge is -2.06. The molecule has 194 valence electrons. The Hall–Kier alpha value is -2.92. The van der Waals surface area contributed by atoms with Crippen molar-refractivity contribution in [2.45, 2.75) is 31.3 Å². The summed E-state index contributed by atoms with van der Waals surface area (Å²) in [6.45, 7) is 0.482. The fourth-order valence-electron chi connectivity index (χ4n) is 1.38. The summed E-state index contributed by atoms with van der Waals surface area (Å²) in [7, 11) is -9.33. The van der Waals surface area contributed by atoms with Gasteiger partial charge < -0.3 is 37.7 Å². The molecule has 0 saturated carbocycles. The van der Waals surface area contributed by atoms with Gasteiger partial charge in [-0.25, -0.2) is 4.98 Å². The van der Waals surface area contributed by atoms with Crippen LogP contribution in [0.4, 0.5) is 0 Å². The third kappa shape index (κ3) is 40.0. The van der Waals surface area contributed by atoms with Gasteiger partial charge in [-0.05, 0) is 12.8 Å². The van der Waals surface area contributed by atoms with Gasteiger partial charge in [-0.15, -0.1) is 0 Å². The summed E-state index contributed by atoms with van der Waals surface area (Å²) in [6, 6.07) is -1.68. The lowest BCUT2D eigenvalue weighted by atomic mass is 10.2. The fourth-order valence-corrected chi connectivity index (χ4v) is 1.38. The molecule has 0 aromatic carbocycles. The van der Waals surface area contributed by atoms with Gasteiger partial charge in [-0.1, -0.05) is 0 Å². The third-order valence-corrected chi connectivity index (χ3v) is 2.63. The Morgan fingerprint density at radius 2 is 1.45 bits per heavy atom. The van der Waals surface area contributed by atoms with E-state index < -0.39 is 44.8 Å². The maximum absolute atomic E-state index is 10.3. The zero-order valence-corrected chi connectivity index (χ0v) is 18.4. The summed E-state index contributed by atoms with van der Waals surface area (Å²) in [4.78, 5) is 27.0. The number of guanidine groups is 1. The zero-order valence-electron chi connectivity index (χ0n) is 16.8. The molecule has 1 heterocycles. The van der Waals surface area contributed by atoms with Crippen LogP contribution in [0, 0.1) is 5.41 Å². The van der Waals surface area contributed by atoms with Crippen molar-refractivity contribution in [1.82, 2.24) is 15.3 Å². The highest BCUT2D eigenvalue weighted by atomic mass is 32.3. The number of nitrogens with zero attached hydrogens (tertiary/aromatic N) is 1. The molecule has 0 radical (unpaired) electrons. The van der Waals surface area contributed by atoms with Crippen LogP contribution < -0.4 is 22.5 Å². The van der Waals surface area contributed by atoms with Crippen molar-refractivity contribution in [3.63, 3.8) is 0 Å². The molecule has 2 atom stereocenters. The molecule has 33 heavy (non-hydrogen) atoms. The van der Waals surface area contributed by atoms with E-state index in [1.807, 2.05) is 0 Å². The monoisotopic (exact) mass is 525 g/mol. The van der Waals surface area contributed by atoms with Crippen LogP contribution >= 0.6 is 0 Å². The molecular weight excluding hydrogens is 498 g/mol. The number of nitrogens with one attached hydrogen (secondary N) is 3. The molecule has 0 aliphatic heterocycles. The van der Waals surface area contributed by atoms with Gasteiger partial charge in [0.1, 0.15) is 12.1 Å². The van der Waals surface area contributed by atoms with Gasteiger partial charge in [0.2, 0.25) is 0 Å². The maximum Gasteiger partial charge on any atom is 0.394 e. The van der Waals surface area contributed by atoms with Crippen molar-refractivity contribution in [3.8, 4) is 0 Å². The Kier molecular flexibility index (Phi) is 18.5. The molecule has 0 fully saturated rings.